The van der Waals surface area contributed by atoms with E-state index in [0.717, 1.165) is 25.2 Å². The first kappa shape index (κ1) is 12.6. The topological polar surface area (TPSA) is 37.3 Å². The molecule has 0 aromatic carbocycles. The molecule has 3 heteroatoms. The summed E-state index contributed by atoms with van der Waals surface area (Å²) in [5.74, 6) is 0.195. The molecule has 3 atom stereocenters. The van der Waals surface area contributed by atoms with Crippen molar-refractivity contribution in [2.45, 2.75) is 44.9 Å². The first-order valence-electron chi connectivity index (χ1n) is 6.48. The number of carbonyl (C=O) groups is 1. The Kier molecular flexibility index (Phi) is 4.21. The van der Waals surface area contributed by atoms with Crippen LogP contribution in [0.5, 0.6) is 0 Å². The molecule has 0 aliphatic heterocycles. The van der Waals surface area contributed by atoms with E-state index >= 15 is 0 Å². The summed E-state index contributed by atoms with van der Waals surface area (Å²) >= 11 is 1.71. The maximum atomic E-state index is 11.3. The molecule has 1 aromatic heterocycles. The molecule has 1 saturated carbocycles. The summed E-state index contributed by atoms with van der Waals surface area (Å²) in [5, 5.41) is 11.4. The van der Waals surface area contributed by atoms with Gasteiger partial charge in [-0.05, 0) is 36.6 Å². The Morgan fingerprint density at radius 2 is 2.35 bits per heavy atom. The van der Waals surface area contributed by atoms with Gasteiger partial charge in [-0.1, -0.05) is 25.8 Å². The van der Waals surface area contributed by atoms with Crippen LogP contribution in [0.1, 0.15) is 49.8 Å². The van der Waals surface area contributed by atoms with Gasteiger partial charge in [0.15, 0.2) is 0 Å². The molecular weight excluding hydrogens is 232 g/mol. The van der Waals surface area contributed by atoms with Crippen molar-refractivity contribution in [2.75, 3.05) is 0 Å². The van der Waals surface area contributed by atoms with Crippen LogP contribution in [0.4, 0.5) is 0 Å². The molecule has 0 radical (unpaired) electrons. The van der Waals surface area contributed by atoms with Crippen molar-refractivity contribution in [3.05, 3.63) is 22.4 Å². The van der Waals surface area contributed by atoms with Crippen LogP contribution >= 0.6 is 11.3 Å². The first-order valence-corrected chi connectivity index (χ1v) is 7.36. The molecule has 0 spiro atoms. The number of aliphatic carboxylic acids is 1. The average molecular weight is 252 g/mol. The van der Waals surface area contributed by atoms with Crippen LogP contribution in [-0.4, -0.2) is 11.1 Å². The molecule has 1 aliphatic carbocycles. The van der Waals surface area contributed by atoms with Gasteiger partial charge in [0.25, 0.3) is 0 Å². The summed E-state index contributed by atoms with van der Waals surface area (Å²) < 4.78 is 0. The highest BCUT2D eigenvalue weighted by Gasteiger charge is 2.35. The maximum absolute atomic E-state index is 11.3. The Balaban J connectivity index is 2.13. The van der Waals surface area contributed by atoms with Crippen LogP contribution < -0.4 is 0 Å². The van der Waals surface area contributed by atoms with E-state index in [1.54, 1.807) is 11.3 Å². The zero-order valence-corrected chi connectivity index (χ0v) is 11.1. The van der Waals surface area contributed by atoms with Crippen molar-refractivity contribution >= 4 is 17.3 Å². The fourth-order valence-corrected chi connectivity index (χ4v) is 3.95. The highest BCUT2D eigenvalue weighted by atomic mass is 32.1. The van der Waals surface area contributed by atoms with Crippen LogP contribution in [0, 0.1) is 11.8 Å². The Labute approximate surface area is 107 Å². The zero-order chi connectivity index (χ0) is 12.3. The van der Waals surface area contributed by atoms with E-state index in [0.29, 0.717) is 0 Å². The van der Waals surface area contributed by atoms with Crippen molar-refractivity contribution < 1.29 is 9.90 Å². The molecule has 1 aromatic rings. The fraction of sp³-hybridized carbons (Fsp3) is 0.643. The lowest BCUT2D eigenvalue weighted by molar-refractivity contribution is -0.143. The van der Waals surface area contributed by atoms with Crippen molar-refractivity contribution in [1.82, 2.24) is 0 Å². The van der Waals surface area contributed by atoms with Crippen LogP contribution in [0.2, 0.25) is 0 Å². The normalized spacial score (nSPS) is 29.1. The maximum Gasteiger partial charge on any atom is 0.307 e. The van der Waals surface area contributed by atoms with E-state index in [2.05, 4.69) is 18.4 Å². The van der Waals surface area contributed by atoms with Crippen LogP contribution in [-0.2, 0) is 4.79 Å². The smallest absolute Gasteiger partial charge is 0.307 e. The van der Waals surface area contributed by atoms with Gasteiger partial charge in [-0.2, -0.15) is 0 Å². The third-order valence-corrected chi connectivity index (χ3v) is 4.89. The number of carboxylic acid groups (broad SMARTS) is 1. The minimum atomic E-state index is -0.613. The molecule has 2 nitrogen and oxygen atoms in total. The van der Waals surface area contributed by atoms with Gasteiger partial charge < -0.3 is 5.11 Å². The molecular formula is C14H20O2S. The molecule has 0 bridgehead atoms. The fourth-order valence-electron chi connectivity index (χ4n) is 3.04. The van der Waals surface area contributed by atoms with Gasteiger partial charge in [0.1, 0.15) is 0 Å². The predicted octanol–water partition coefficient (Wildman–Crippen LogP) is 4.13. The summed E-state index contributed by atoms with van der Waals surface area (Å²) in [4.78, 5) is 12.6. The molecule has 1 N–H and O–H groups in total. The van der Waals surface area contributed by atoms with Gasteiger partial charge >= 0.3 is 5.97 Å². The number of hydrogen-bond donors (Lipinski definition) is 1. The Morgan fingerprint density at radius 3 is 2.94 bits per heavy atom. The Bertz CT molecular complexity index is 358. The van der Waals surface area contributed by atoms with Crippen LogP contribution in [0.3, 0.4) is 0 Å². The zero-order valence-electron chi connectivity index (χ0n) is 10.3. The standard InChI is InChI=1S/C14H20O2S/c1-2-4-10-6-7-11(14(15)16)12(9-10)13-5-3-8-17-13/h3,5,8,10-12H,2,4,6-7,9H2,1H3,(H,15,16). The van der Waals surface area contributed by atoms with Crippen molar-refractivity contribution in [3.63, 3.8) is 0 Å². The van der Waals surface area contributed by atoms with E-state index in [9.17, 15) is 9.90 Å². The SMILES string of the molecule is CCCC1CCC(C(=O)O)C(c2cccs2)C1. The monoisotopic (exact) mass is 252 g/mol. The van der Waals surface area contributed by atoms with Crippen LogP contribution in [0.25, 0.3) is 0 Å². The van der Waals surface area contributed by atoms with E-state index in [1.165, 1.54) is 17.7 Å². The van der Waals surface area contributed by atoms with E-state index in [-0.39, 0.29) is 11.8 Å². The molecule has 0 amide bonds. The Morgan fingerprint density at radius 1 is 1.53 bits per heavy atom. The van der Waals surface area contributed by atoms with Gasteiger partial charge in [-0.25, -0.2) is 0 Å². The third kappa shape index (κ3) is 2.89. The number of hydrogen-bond acceptors (Lipinski definition) is 2. The number of rotatable bonds is 4. The largest absolute Gasteiger partial charge is 0.481 e. The molecule has 17 heavy (non-hydrogen) atoms. The third-order valence-electron chi connectivity index (χ3n) is 3.88. The number of thiophene rings is 1. The van der Waals surface area contributed by atoms with Gasteiger partial charge in [0.05, 0.1) is 5.92 Å². The molecule has 1 fully saturated rings. The second-order valence-corrected chi connectivity index (χ2v) is 6.01. The Hall–Kier alpha value is -0.830. The first-order chi connectivity index (χ1) is 8.22. The summed E-state index contributed by atoms with van der Waals surface area (Å²) in [6.45, 7) is 2.21. The summed E-state index contributed by atoms with van der Waals surface area (Å²) in [6.07, 6.45) is 5.45. The second-order valence-electron chi connectivity index (χ2n) is 5.03. The summed E-state index contributed by atoms with van der Waals surface area (Å²) in [5.41, 5.74) is 0. The van der Waals surface area contributed by atoms with Gasteiger partial charge in [0, 0.05) is 10.8 Å². The molecule has 0 saturated heterocycles. The predicted molar refractivity (Wildman–Crippen MR) is 70.4 cm³/mol. The van der Waals surface area contributed by atoms with Gasteiger partial charge in [0.2, 0.25) is 0 Å². The van der Waals surface area contributed by atoms with E-state index < -0.39 is 5.97 Å². The highest BCUT2D eigenvalue weighted by molar-refractivity contribution is 7.10. The molecule has 94 valence electrons. The lowest BCUT2D eigenvalue weighted by Crippen LogP contribution is -2.28. The quantitative estimate of drug-likeness (QED) is 0.874. The van der Waals surface area contributed by atoms with Crippen LogP contribution in [0.15, 0.2) is 17.5 Å². The molecule has 2 rings (SSSR count). The van der Waals surface area contributed by atoms with E-state index in [4.69, 9.17) is 0 Å². The summed E-state index contributed by atoms with van der Waals surface area (Å²) in [7, 11) is 0. The van der Waals surface area contributed by atoms with Crippen molar-refractivity contribution in [2.24, 2.45) is 11.8 Å². The summed E-state index contributed by atoms with van der Waals surface area (Å²) in [6, 6.07) is 4.13. The minimum Gasteiger partial charge on any atom is -0.481 e. The van der Waals surface area contributed by atoms with Gasteiger partial charge in [-0.3, -0.25) is 4.79 Å². The number of carboxylic acids is 1. The highest BCUT2D eigenvalue weighted by Crippen LogP contribution is 2.43. The molecule has 3 unspecified atom stereocenters. The molecule has 1 heterocycles. The lowest BCUT2D eigenvalue weighted by atomic mass is 9.72. The average Bonchev–Trinajstić information content (AvgIpc) is 2.82. The lowest BCUT2D eigenvalue weighted by Gasteiger charge is -2.33. The van der Waals surface area contributed by atoms with Gasteiger partial charge in [-0.15, -0.1) is 11.3 Å². The van der Waals surface area contributed by atoms with Crippen molar-refractivity contribution in [1.29, 1.82) is 0 Å². The van der Waals surface area contributed by atoms with Crippen molar-refractivity contribution in [3.8, 4) is 0 Å². The second kappa shape index (κ2) is 5.67. The minimum absolute atomic E-state index is 0.165. The van der Waals surface area contributed by atoms with E-state index in [1.807, 2.05) is 6.07 Å². The molecule has 1 aliphatic rings.